The molecule has 0 aliphatic heterocycles. The Morgan fingerprint density at radius 1 is 1.43 bits per heavy atom. The first-order valence-electron chi connectivity index (χ1n) is 4.52. The first kappa shape index (κ1) is 8.74. The highest BCUT2D eigenvalue weighted by molar-refractivity contribution is 5.53. The van der Waals surface area contributed by atoms with E-state index in [-0.39, 0.29) is 5.56 Å². The normalized spacial score (nSPS) is 10.4. The predicted molar refractivity (Wildman–Crippen MR) is 54.0 cm³/mol. The summed E-state index contributed by atoms with van der Waals surface area (Å²) in [6, 6.07) is 7.14. The number of nitrogens with one attached hydrogen (secondary N) is 1. The Bertz CT molecular complexity index is 464. The molecule has 0 aliphatic rings. The van der Waals surface area contributed by atoms with Gasteiger partial charge in [0.2, 0.25) is 0 Å². The fraction of sp³-hybridized carbons (Fsp3) is 0.200. The Morgan fingerprint density at radius 3 is 2.93 bits per heavy atom. The van der Waals surface area contributed by atoms with E-state index in [1.54, 1.807) is 6.07 Å². The molecule has 2 heterocycles. The van der Waals surface area contributed by atoms with Crippen LogP contribution in [0.1, 0.15) is 6.92 Å². The summed E-state index contributed by atoms with van der Waals surface area (Å²) in [5.41, 5.74) is 1.63. The Balaban J connectivity index is 2.49. The SMILES string of the molecule is CCn1cccc1-c1ccc(=O)[nH]n1. The molecule has 0 spiro atoms. The number of rotatable bonds is 2. The van der Waals surface area contributed by atoms with Gasteiger partial charge < -0.3 is 4.57 Å². The van der Waals surface area contributed by atoms with Crippen LogP contribution in [0.25, 0.3) is 11.4 Å². The molecule has 2 rings (SSSR count). The van der Waals surface area contributed by atoms with Gasteiger partial charge in [-0.1, -0.05) is 0 Å². The average Bonchev–Trinajstić information content (AvgIpc) is 2.67. The molecular formula is C10H11N3O. The summed E-state index contributed by atoms with van der Waals surface area (Å²) in [6.07, 6.45) is 1.99. The van der Waals surface area contributed by atoms with E-state index in [0.29, 0.717) is 0 Å². The second-order valence-electron chi connectivity index (χ2n) is 2.99. The van der Waals surface area contributed by atoms with Crippen molar-refractivity contribution in [2.45, 2.75) is 13.5 Å². The summed E-state index contributed by atoms with van der Waals surface area (Å²) in [7, 11) is 0. The topological polar surface area (TPSA) is 50.7 Å². The third kappa shape index (κ3) is 1.46. The third-order valence-corrected chi connectivity index (χ3v) is 2.11. The Kier molecular flexibility index (Phi) is 2.18. The van der Waals surface area contributed by atoms with Crippen molar-refractivity contribution in [2.75, 3.05) is 0 Å². The number of hydrogen-bond donors (Lipinski definition) is 1. The highest BCUT2D eigenvalue weighted by Gasteiger charge is 2.03. The molecular weight excluding hydrogens is 178 g/mol. The van der Waals surface area contributed by atoms with Gasteiger partial charge in [-0.05, 0) is 25.1 Å². The molecule has 0 radical (unpaired) electrons. The zero-order valence-electron chi connectivity index (χ0n) is 7.90. The van der Waals surface area contributed by atoms with Gasteiger partial charge in [0.05, 0.1) is 5.69 Å². The Hall–Kier alpha value is -1.84. The lowest BCUT2D eigenvalue weighted by atomic mass is 10.3. The fourth-order valence-electron chi connectivity index (χ4n) is 1.41. The van der Waals surface area contributed by atoms with Crippen molar-refractivity contribution >= 4 is 0 Å². The zero-order valence-corrected chi connectivity index (χ0v) is 7.90. The van der Waals surface area contributed by atoms with Crippen LogP contribution < -0.4 is 5.56 Å². The van der Waals surface area contributed by atoms with Crippen molar-refractivity contribution in [2.24, 2.45) is 0 Å². The van der Waals surface area contributed by atoms with Gasteiger partial charge in [0.15, 0.2) is 0 Å². The van der Waals surface area contributed by atoms with Gasteiger partial charge in [-0.25, -0.2) is 5.10 Å². The Morgan fingerprint density at radius 2 is 2.29 bits per heavy atom. The lowest BCUT2D eigenvalue weighted by Gasteiger charge is -2.03. The first-order valence-corrected chi connectivity index (χ1v) is 4.52. The number of aromatic amines is 1. The molecule has 72 valence electrons. The molecule has 4 nitrogen and oxygen atoms in total. The van der Waals surface area contributed by atoms with E-state index < -0.39 is 0 Å². The lowest BCUT2D eigenvalue weighted by Crippen LogP contribution is -2.07. The summed E-state index contributed by atoms with van der Waals surface area (Å²) in [6.45, 7) is 2.96. The minimum Gasteiger partial charge on any atom is -0.346 e. The molecule has 0 fully saturated rings. The van der Waals surface area contributed by atoms with Gasteiger partial charge in [0, 0.05) is 18.8 Å². The standard InChI is InChI=1S/C10H11N3O/c1-2-13-7-3-4-9(13)8-5-6-10(14)12-11-8/h3-7H,2H2,1H3,(H,12,14). The van der Waals surface area contributed by atoms with Crippen LogP contribution in [0.5, 0.6) is 0 Å². The van der Waals surface area contributed by atoms with E-state index in [2.05, 4.69) is 21.7 Å². The van der Waals surface area contributed by atoms with Crippen LogP contribution in [0.2, 0.25) is 0 Å². The van der Waals surface area contributed by atoms with Crippen LogP contribution in [-0.4, -0.2) is 14.8 Å². The van der Waals surface area contributed by atoms with E-state index in [4.69, 9.17) is 0 Å². The molecule has 2 aromatic heterocycles. The number of nitrogens with zero attached hydrogens (tertiary/aromatic N) is 2. The number of hydrogen-bond acceptors (Lipinski definition) is 2. The van der Waals surface area contributed by atoms with Gasteiger partial charge in [-0.3, -0.25) is 4.79 Å². The summed E-state index contributed by atoms with van der Waals surface area (Å²) in [5.74, 6) is 0. The fourth-order valence-corrected chi connectivity index (χ4v) is 1.41. The maximum absolute atomic E-state index is 10.8. The summed E-state index contributed by atoms with van der Waals surface area (Å²) in [5, 5.41) is 6.39. The van der Waals surface area contributed by atoms with E-state index in [1.807, 2.05) is 18.3 Å². The lowest BCUT2D eigenvalue weighted by molar-refractivity contribution is 0.771. The van der Waals surface area contributed by atoms with Gasteiger partial charge >= 0.3 is 0 Å². The van der Waals surface area contributed by atoms with Crippen LogP contribution in [0, 0.1) is 0 Å². The van der Waals surface area contributed by atoms with Gasteiger partial charge in [0.1, 0.15) is 5.69 Å². The molecule has 4 heteroatoms. The monoisotopic (exact) mass is 189 g/mol. The maximum atomic E-state index is 10.8. The van der Waals surface area contributed by atoms with Gasteiger partial charge in [-0.2, -0.15) is 5.10 Å². The van der Waals surface area contributed by atoms with Gasteiger partial charge in [0.25, 0.3) is 5.56 Å². The number of H-pyrrole nitrogens is 1. The molecule has 0 unspecified atom stereocenters. The van der Waals surface area contributed by atoms with Crippen LogP contribution in [0.4, 0.5) is 0 Å². The summed E-state index contributed by atoms with van der Waals surface area (Å²) in [4.78, 5) is 10.8. The molecule has 0 amide bonds. The largest absolute Gasteiger partial charge is 0.346 e. The van der Waals surface area contributed by atoms with Crippen LogP contribution in [-0.2, 0) is 6.54 Å². The third-order valence-electron chi connectivity index (χ3n) is 2.11. The van der Waals surface area contributed by atoms with Crippen molar-refractivity contribution in [3.8, 4) is 11.4 Å². The van der Waals surface area contributed by atoms with Crippen LogP contribution >= 0.6 is 0 Å². The average molecular weight is 189 g/mol. The smallest absolute Gasteiger partial charge is 0.264 e. The molecule has 1 N–H and O–H groups in total. The highest BCUT2D eigenvalue weighted by atomic mass is 16.1. The van der Waals surface area contributed by atoms with E-state index in [0.717, 1.165) is 17.9 Å². The van der Waals surface area contributed by atoms with E-state index in [9.17, 15) is 4.79 Å². The Labute approximate surface area is 81.2 Å². The quantitative estimate of drug-likeness (QED) is 0.773. The van der Waals surface area contributed by atoms with Gasteiger partial charge in [-0.15, -0.1) is 0 Å². The van der Waals surface area contributed by atoms with Crippen molar-refractivity contribution in [1.82, 2.24) is 14.8 Å². The molecule has 0 aromatic carbocycles. The minimum absolute atomic E-state index is 0.177. The van der Waals surface area contributed by atoms with Crippen molar-refractivity contribution < 1.29 is 0 Å². The highest BCUT2D eigenvalue weighted by Crippen LogP contribution is 2.15. The molecule has 0 aliphatic carbocycles. The minimum atomic E-state index is -0.177. The zero-order chi connectivity index (χ0) is 9.97. The van der Waals surface area contributed by atoms with Crippen molar-refractivity contribution in [3.63, 3.8) is 0 Å². The van der Waals surface area contributed by atoms with Crippen LogP contribution in [0.3, 0.4) is 0 Å². The number of aryl methyl sites for hydroxylation is 1. The summed E-state index contributed by atoms with van der Waals surface area (Å²) < 4.78 is 2.07. The van der Waals surface area contributed by atoms with Crippen molar-refractivity contribution in [1.29, 1.82) is 0 Å². The molecule has 2 aromatic rings. The predicted octanol–water partition coefficient (Wildman–Crippen LogP) is 1.26. The maximum Gasteiger partial charge on any atom is 0.264 e. The molecule has 0 atom stereocenters. The molecule has 0 bridgehead atoms. The first-order chi connectivity index (χ1) is 6.81. The second-order valence-corrected chi connectivity index (χ2v) is 2.99. The van der Waals surface area contributed by atoms with E-state index in [1.165, 1.54) is 6.07 Å². The second kappa shape index (κ2) is 3.49. The van der Waals surface area contributed by atoms with Crippen LogP contribution in [0.15, 0.2) is 35.3 Å². The summed E-state index contributed by atoms with van der Waals surface area (Å²) >= 11 is 0. The van der Waals surface area contributed by atoms with Crippen molar-refractivity contribution in [3.05, 3.63) is 40.8 Å². The molecule has 14 heavy (non-hydrogen) atoms. The molecule has 0 saturated heterocycles. The molecule has 0 saturated carbocycles. The number of aromatic nitrogens is 3. The van der Waals surface area contributed by atoms with E-state index >= 15 is 0 Å².